The minimum absolute atomic E-state index is 0.0456. The van der Waals surface area contributed by atoms with Gasteiger partial charge in [-0.3, -0.25) is 4.79 Å². The molecule has 0 heterocycles. The standard InChI is InChI=1S/C27H27N3O3/c1-20(31)32-18-21-17-26(29-30-28)25(21)19-33-27(22-11-5-2-6-12-22,23-13-7-3-8-14-23)24-15-9-4-10-16-24/h2-16,21,25-26H,17-19H2,1H3/t21-,25-,26-/m1/s1. The van der Waals surface area contributed by atoms with E-state index in [-0.39, 0.29) is 23.8 Å². The summed E-state index contributed by atoms with van der Waals surface area (Å²) in [6.45, 7) is 2.06. The van der Waals surface area contributed by atoms with E-state index in [4.69, 9.17) is 15.0 Å². The van der Waals surface area contributed by atoms with Gasteiger partial charge in [0.25, 0.3) is 0 Å². The Kier molecular flexibility index (Phi) is 7.08. The highest BCUT2D eigenvalue weighted by Gasteiger charge is 2.44. The van der Waals surface area contributed by atoms with Gasteiger partial charge in [-0.1, -0.05) is 96.1 Å². The van der Waals surface area contributed by atoms with E-state index in [0.29, 0.717) is 19.6 Å². The smallest absolute Gasteiger partial charge is 0.302 e. The second-order valence-electron chi connectivity index (χ2n) is 8.32. The van der Waals surface area contributed by atoms with Crippen LogP contribution in [0.15, 0.2) is 96.1 Å². The quantitative estimate of drug-likeness (QED) is 0.137. The summed E-state index contributed by atoms with van der Waals surface area (Å²) in [6, 6.07) is 30.3. The van der Waals surface area contributed by atoms with E-state index in [1.165, 1.54) is 6.92 Å². The maximum Gasteiger partial charge on any atom is 0.302 e. The summed E-state index contributed by atoms with van der Waals surface area (Å²) in [4.78, 5) is 14.4. The Morgan fingerprint density at radius 2 is 1.39 bits per heavy atom. The molecule has 3 aromatic carbocycles. The molecule has 3 aromatic rings. The molecular formula is C27H27N3O3. The van der Waals surface area contributed by atoms with Gasteiger partial charge in [-0.05, 0) is 40.5 Å². The van der Waals surface area contributed by atoms with Gasteiger partial charge in [-0.25, -0.2) is 0 Å². The third-order valence-corrected chi connectivity index (χ3v) is 6.38. The van der Waals surface area contributed by atoms with Crippen LogP contribution in [0, 0.1) is 11.8 Å². The lowest BCUT2D eigenvalue weighted by atomic mass is 9.70. The van der Waals surface area contributed by atoms with E-state index in [2.05, 4.69) is 46.4 Å². The Bertz CT molecular complexity index is 1000. The van der Waals surface area contributed by atoms with E-state index in [0.717, 1.165) is 16.7 Å². The topological polar surface area (TPSA) is 84.3 Å². The highest BCUT2D eigenvalue weighted by atomic mass is 16.5. The van der Waals surface area contributed by atoms with Crippen molar-refractivity contribution >= 4 is 5.97 Å². The number of carbonyl (C=O) groups excluding carboxylic acids is 1. The lowest BCUT2D eigenvalue weighted by Crippen LogP contribution is -2.47. The SMILES string of the molecule is CC(=O)OC[C@H]1C[C@@H](N=[N+]=[N-])[C@@H]1COC(c1ccccc1)(c1ccccc1)c1ccccc1. The molecule has 0 bridgehead atoms. The summed E-state index contributed by atoms with van der Waals surface area (Å²) in [6.07, 6.45) is 0.681. The number of ether oxygens (including phenoxy) is 2. The summed E-state index contributed by atoms with van der Waals surface area (Å²) < 4.78 is 12.1. The fraction of sp³-hybridized carbons (Fsp3) is 0.296. The van der Waals surface area contributed by atoms with Crippen molar-refractivity contribution < 1.29 is 14.3 Å². The Balaban J connectivity index is 1.74. The van der Waals surface area contributed by atoms with E-state index < -0.39 is 5.60 Å². The van der Waals surface area contributed by atoms with Gasteiger partial charge in [-0.2, -0.15) is 0 Å². The lowest BCUT2D eigenvalue weighted by Gasteiger charge is -2.44. The fourth-order valence-electron chi connectivity index (χ4n) is 4.63. The average Bonchev–Trinajstić information content (AvgIpc) is 2.85. The van der Waals surface area contributed by atoms with Gasteiger partial charge in [0.15, 0.2) is 0 Å². The van der Waals surface area contributed by atoms with Crippen molar-refractivity contribution in [2.45, 2.75) is 25.0 Å². The highest BCUT2D eigenvalue weighted by molar-refractivity contribution is 5.65. The van der Waals surface area contributed by atoms with Crippen LogP contribution in [0.4, 0.5) is 0 Å². The molecule has 33 heavy (non-hydrogen) atoms. The maximum absolute atomic E-state index is 11.3. The first-order valence-electron chi connectivity index (χ1n) is 11.1. The van der Waals surface area contributed by atoms with E-state index in [1.54, 1.807) is 0 Å². The maximum atomic E-state index is 11.3. The van der Waals surface area contributed by atoms with Crippen molar-refractivity contribution in [1.82, 2.24) is 0 Å². The van der Waals surface area contributed by atoms with Crippen LogP contribution in [-0.2, 0) is 19.9 Å². The van der Waals surface area contributed by atoms with Crippen LogP contribution >= 0.6 is 0 Å². The first kappa shape index (κ1) is 22.6. The molecule has 0 radical (unpaired) electrons. The van der Waals surface area contributed by atoms with Gasteiger partial charge in [0.1, 0.15) is 5.60 Å². The molecule has 0 aromatic heterocycles. The minimum atomic E-state index is -0.841. The summed E-state index contributed by atoms with van der Waals surface area (Å²) in [5.74, 6) is -0.269. The molecule has 168 valence electrons. The number of benzene rings is 3. The number of nitrogens with zero attached hydrogens (tertiary/aromatic N) is 3. The van der Waals surface area contributed by atoms with Crippen molar-refractivity contribution in [3.63, 3.8) is 0 Å². The minimum Gasteiger partial charge on any atom is -0.466 e. The Labute approximate surface area is 193 Å². The molecule has 0 saturated heterocycles. The van der Waals surface area contributed by atoms with Gasteiger partial charge < -0.3 is 9.47 Å². The number of rotatable bonds is 9. The number of azide groups is 1. The highest BCUT2D eigenvalue weighted by Crippen LogP contribution is 2.44. The first-order valence-corrected chi connectivity index (χ1v) is 11.1. The third-order valence-electron chi connectivity index (χ3n) is 6.38. The number of carbonyl (C=O) groups is 1. The van der Waals surface area contributed by atoms with Crippen molar-refractivity contribution in [1.29, 1.82) is 0 Å². The molecule has 4 rings (SSSR count). The van der Waals surface area contributed by atoms with Gasteiger partial charge >= 0.3 is 5.97 Å². The van der Waals surface area contributed by atoms with Crippen LogP contribution in [0.25, 0.3) is 10.4 Å². The monoisotopic (exact) mass is 441 g/mol. The van der Waals surface area contributed by atoms with E-state index in [9.17, 15) is 4.79 Å². The van der Waals surface area contributed by atoms with Crippen LogP contribution < -0.4 is 0 Å². The van der Waals surface area contributed by atoms with E-state index in [1.807, 2.05) is 54.6 Å². The van der Waals surface area contributed by atoms with Gasteiger partial charge in [0.05, 0.1) is 13.2 Å². The molecule has 0 spiro atoms. The van der Waals surface area contributed by atoms with Gasteiger partial charge in [0.2, 0.25) is 0 Å². The van der Waals surface area contributed by atoms with Crippen molar-refractivity contribution in [2.75, 3.05) is 13.2 Å². The third kappa shape index (κ3) is 4.77. The zero-order valence-corrected chi connectivity index (χ0v) is 18.6. The number of hydrogen-bond donors (Lipinski definition) is 0. The van der Waals surface area contributed by atoms with Crippen LogP contribution in [-0.4, -0.2) is 25.2 Å². The largest absolute Gasteiger partial charge is 0.466 e. The summed E-state index contributed by atoms with van der Waals surface area (Å²) in [5, 5.41) is 3.97. The molecule has 3 atom stereocenters. The molecule has 0 amide bonds. The second-order valence-corrected chi connectivity index (χ2v) is 8.32. The molecule has 6 nitrogen and oxygen atoms in total. The summed E-state index contributed by atoms with van der Waals surface area (Å²) in [7, 11) is 0. The zero-order chi connectivity index (χ0) is 23.1. The molecule has 1 aliphatic rings. The first-order chi connectivity index (χ1) is 16.1. The van der Waals surface area contributed by atoms with Crippen molar-refractivity contribution in [3.05, 3.63) is 118 Å². The second kappa shape index (κ2) is 10.3. The van der Waals surface area contributed by atoms with Crippen molar-refractivity contribution in [2.24, 2.45) is 17.0 Å². The Hall–Kier alpha value is -3.60. The summed E-state index contributed by atoms with van der Waals surface area (Å²) >= 11 is 0. The molecule has 0 unspecified atom stereocenters. The molecule has 6 heteroatoms. The molecule has 1 saturated carbocycles. The number of esters is 1. The Morgan fingerprint density at radius 1 is 0.909 bits per heavy atom. The zero-order valence-electron chi connectivity index (χ0n) is 18.6. The van der Waals surface area contributed by atoms with Crippen LogP contribution in [0.5, 0.6) is 0 Å². The molecule has 0 N–H and O–H groups in total. The summed E-state index contributed by atoms with van der Waals surface area (Å²) in [5.41, 5.74) is 11.2. The molecular weight excluding hydrogens is 414 g/mol. The normalized spacial score (nSPS) is 19.7. The van der Waals surface area contributed by atoms with E-state index >= 15 is 0 Å². The van der Waals surface area contributed by atoms with Gasteiger partial charge in [0, 0.05) is 17.9 Å². The molecule has 0 aliphatic heterocycles. The van der Waals surface area contributed by atoms with Crippen LogP contribution in [0.1, 0.15) is 30.0 Å². The predicted molar refractivity (Wildman–Crippen MR) is 126 cm³/mol. The average molecular weight is 442 g/mol. The predicted octanol–water partition coefficient (Wildman–Crippen LogP) is 5.87. The molecule has 1 fully saturated rings. The Morgan fingerprint density at radius 3 is 1.82 bits per heavy atom. The van der Waals surface area contributed by atoms with Crippen molar-refractivity contribution in [3.8, 4) is 0 Å². The lowest BCUT2D eigenvalue weighted by molar-refractivity contribution is -0.146. The van der Waals surface area contributed by atoms with Crippen LogP contribution in [0.2, 0.25) is 0 Å². The number of hydrogen-bond acceptors (Lipinski definition) is 4. The van der Waals surface area contributed by atoms with Crippen LogP contribution in [0.3, 0.4) is 0 Å². The fourth-order valence-corrected chi connectivity index (χ4v) is 4.63. The molecule has 1 aliphatic carbocycles. The van der Waals surface area contributed by atoms with Gasteiger partial charge in [-0.15, -0.1) is 0 Å².